The molecule has 0 radical (unpaired) electrons. The largest absolute Gasteiger partial charge is 0.491 e. The molecule has 0 saturated heterocycles. The molecule has 0 saturated carbocycles. The van der Waals surface area contributed by atoms with Crippen LogP contribution in [0.3, 0.4) is 0 Å². The summed E-state index contributed by atoms with van der Waals surface area (Å²) in [5, 5.41) is 14.0. The Balaban J connectivity index is 2.01. The number of carboxylic acid groups (broad SMARTS) is 1. The number of hydrogen-bond donors (Lipinski definition) is 2. The van der Waals surface area contributed by atoms with Crippen LogP contribution in [0.1, 0.15) is 19.0 Å². The van der Waals surface area contributed by atoms with Crippen LogP contribution in [0, 0.1) is 5.82 Å². The second-order valence-corrected chi connectivity index (χ2v) is 5.10. The van der Waals surface area contributed by atoms with E-state index >= 15 is 0 Å². The molecule has 2 rings (SSSR count). The number of carboxylic acids is 1. The number of ether oxygens (including phenoxy) is 1. The van der Waals surface area contributed by atoms with Crippen LogP contribution in [0.25, 0.3) is 0 Å². The van der Waals surface area contributed by atoms with Crippen LogP contribution in [0.2, 0.25) is 0 Å². The van der Waals surface area contributed by atoms with Crippen molar-refractivity contribution in [1.82, 2.24) is 4.98 Å². The maximum atomic E-state index is 13.7. The second kappa shape index (κ2) is 7.03. The third kappa shape index (κ3) is 4.42. The molecular weight excluding hydrogens is 295 g/mol. The van der Waals surface area contributed by atoms with Gasteiger partial charge in [-0.2, -0.15) is 0 Å². The zero-order valence-corrected chi connectivity index (χ0v) is 12.2. The van der Waals surface area contributed by atoms with E-state index in [0.717, 1.165) is 0 Å². The minimum Gasteiger partial charge on any atom is -0.491 e. The van der Waals surface area contributed by atoms with E-state index in [9.17, 15) is 9.18 Å². The molecule has 2 N–H and O–H groups in total. The zero-order chi connectivity index (χ0) is 15.2. The highest BCUT2D eigenvalue weighted by Gasteiger charge is 2.07. The first-order valence-electron chi connectivity index (χ1n) is 6.44. The lowest BCUT2D eigenvalue weighted by atomic mass is 10.2. The zero-order valence-electron chi connectivity index (χ0n) is 11.4. The molecule has 112 valence electrons. The van der Waals surface area contributed by atoms with Gasteiger partial charge in [-0.1, -0.05) is 0 Å². The van der Waals surface area contributed by atoms with E-state index in [1.54, 1.807) is 24.4 Å². The SMILES string of the molecule is CCOc1ccc(Nc2nc(CCC(=O)O)cs2)cc1F. The third-order valence-electron chi connectivity index (χ3n) is 2.63. The molecule has 0 spiro atoms. The number of halogens is 1. The normalized spacial score (nSPS) is 10.4. The quantitative estimate of drug-likeness (QED) is 0.819. The van der Waals surface area contributed by atoms with Crippen molar-refractivity contribution in [3.8, 4) is 5.75 Å². The first-order valence-corrected chi connectivity index (χ1v) is 7.32. The Morgan fingerprint density at radius 3 is 3.00 bits per heavy atom. The maximum Gasteiger partial charge on any atom is 0.303 e. The van der Waals surface area contributed by atoms with E-state index in [2.05, 4.69) is 10.3 Å². The lowest BCUT2D eigenvalue weighted by Crippen LogP contribution is -1.98. The van der Waals surface area contributed by atoms with E-state index in [4.69, 9.17) is 9.84 Å². The van der Waals surface area contributed by atoms with Gasteiger partial charge in [-0.15, -0.1) is 11.3 Å². The van der Waals surface area contributed by atoms with E-state index in [1.807, 2.05) is 0 Å². The molecule has 7 heteroatoms. The molecule has 0 aliphatic carbocycles. The summed E-state index contributed by atoms with van der Waals surface area (Å²) >= 11 is 1.35. The highest BCUT2D eigenvalue weighted by atomic mass is 32.1. The smallest absolute Gasteiger partial charge is 0.303 e. The van der Waals surface area contributed by atoms with Crippen molar-refractivity contribution >= 4 is 28.1 Å². The lowest BCUT2D eigenvalue weighted by molar-refractivity contribution is -0.136. The highest BCUT2D eigenvalue weighted by molar-refractivity contribution is 7.13. The van der Waals surface area contributed by atoms with Crippen LogP contribution < -0.4 is 10.1 Å². The minimum absolute atomic E-state index is 0.0425. The molecule has 0 atom stereocenters. The summed E-state index contributed by atoms with van der Waals surface area (Å²) in [6.07, 6.45) is 0.423. The van der Waals surface area contributed by atoms with Gasteiger partial charge in [0.15, 0.2) is 16.7 Å². The van der Waals surface area contributed by atoms with Crippen LogP contribution in [0.4, 0.5) is 15.2 Å². The molecule has 0 aliphatic rings. The second-order valence-electron chi connectivity index (χ2n) is 4.24. The summed E-state index contributed by atoms with van der Waals surface area (Å²) < 4.78 is 18.8. The minimum atomic E-state index is -0.855. The van der Waals surface area contributed by atoms with Crippen LogP contribution in [0.5, 0.6) is 5.75 Å². The number of nitrogens with zero attached hydrogens (tertiary/aromatic N) is 1. The Bertz CT molecular complexity index is 630. The number of nitrogens with one attached hydrogen (secondary N) is 1. The molecular formula is C14H15FN2O3S. The Labute approximate surface area is 125 Å². The third-order valence-corrected chi connectivity index (χ3v) is 3.44. The predicted octanol–water partition coefficient (Wildman–Crippen LogP) is 3.44. The Kier molecular flexibility index (Phi) is 5.10. The lowest BCUT2D eigenvalue weighted by Gasteiger charge is -2.07. The standard InChI is InChI=1S/C14H15FN2O3S/c1-2-20-12-5-3-9(7-11(12)15)16-14-17-10(8-21-14)4-6-13(18)19/h3,5,7-8H,2,4,6H2,1H3,(H,16,17)(H,18,19). The van der Waals surface area contributed by atoms with Gasteiger partial charge < -0.3 is 15.2 Å². The molecule has 0 fully saturated rings. The Morgan fingerprint density at radius 2 is 2.33 bits per heavy atom. The van der Waals surface area contributed by atoms with Gasteiger partial charge in [0.25, 0.3) is 0 Å². The fraction of sp³-hybridized carbons (Fsp3) is 0.286. The average molecular weight is 310 g/mol. The monoisotopic (exact) mass is 310 g/mol. The Morgan fingerprint density at radius 1 is 1.52 bits per heavy atom. The van der Waals surface area contributed by atoms with Crippen LogP contribution >= 0.6 is 11.3 Å². The average Bonchev–Trinajstić information content (AvgIpc) is 2.87. The van der Waals surface area contributed by atoms with Gasteiger partial charge in [0.2, 0.25) is 0 Å². The Hall–Kier alpha value is -2.15. The van der Waals surface area contributed by atoms with Crippen molar-refractivity contribution in [3.63, 3.8) is 0 Å². The number of hydrogen-bond acceptors (Lipinski definition) is 5. The maximum absolute atomic E-state index is 13.7. The summed E-state index contributed by atoms with van der Waals surface area (Å²) in [4.78, 5) is 14.8. The molecule has 0 unspecified atom stereocenters. The fourth-order valence-electron chi connectivity index (χ4n) is 1.69. The summed E-state index contributed by atoms with van der Waals surface area (Å²) in [6, 6.07) is 4.59. The van der Waals surface area contributed by atoms with E-state index in [1.165, 1.54) is 17.4 Å². The summed E-state index contributed by atoms with van der Waals surface area (Å²) in [5.41, 5.74) is 1.27. The number of aromatic nitrogens is 1. The van der Waals surface area contributed by atoms with Gasteiger partial charge >= 0.3 is 5.97 Å². The summed E-state index contributed by atoms with van der Waals surface area (Å²) in [6.45, 7) is 2.20. The summed E-state index contributed by atoms with van der Waals surface area (Å²) in [7, 11) is 0. The van der Waals surface area contributed by atoms with Crippen molar-refractivity contribution in [2.75, 3.05) is 11.9 Å². The van der Waals surface area contributed by atoms with Crippen LogP contribution in [-0.4, -0.2) is 22.7 Å². The number of anilines is 2. The van der Waals surface area contributed by atoms with Gasteiger partial charge in [0.05, 0.1) is 18.7 Å². The van der Waals surface area contributed by atoms with Gasteiger partial charge in [-0.25, -0.2) is 9.37 Å². The van der Waals surface area contributed by atoms with E-state index in [-0.39, 0.29) is 12.2 Å². The number of rotatable bonds is 7. The molecule has 0 aliphatic heterocycles. The van der Waals surface area contributed by atoms with Crippen LogP contribution in [-0.2, 0) is 11.2 Å². The van der Waals surface area contributed by atoms with Crippen LogP contribution in [0.15, 0.2) is 23.6 Å². The number of aliphatic carboxylic acids is 1. The number of carbonyl (C=O) groups is 1. The molecule has 0 bridgehead atoms. The molecule has 2 aromatic rings. The van der Waals surface area contributed by atoms with E-state index < -0.39 is 11.8 Å². The van der Waals surface area contributed by atoms with Crippen molar-refractivity contribution in [2.45, 2.75) is 19.8 Å². The van der Waals surface area contributed by atoms with Crippen molar-refractivity contribution in [3.05, 3.63) is 35.1 Å². The van der Waals surface area contributed by atoms with Crippen molar-refractivity contribution in [1.29, 1.82) is 0 Å². The van der Waals surface area contributed by atoms with E-state index in [0.29, 0.717) is 29.5 Å². The fourth-order valence-corrected chi connectivity index (χ4v) is 2.45. The molecule has 0 amide bonds. The van der Waals surface area contributed by atoms with Crippen molar-refractivity contribution in [2.24, 2.45) is 0 Å². The molecule has 1 aromatic heterocycles. The van der Waals surface area contributed by atoms with Gasteiger partial charge in [0.1, 0.15) is 0 Å². The number of thiazole rings is 1. The predicted molar refractivity (Wildman–Crippen MR) is 78.9 cm³/mol. The van der Waals surface area contributed by atoms with Gasteiger partial charge in [-0.3, -0.25) is 4.79 Å². The number of aryl methyl sites for hydroxylation is 1. The molecule has 1 aromatic carbocycles. The highest BCUT2D eigenvalue weighted by Crippen LogP contribution is 2.25. The van der Waals surface area contributed by atoms with Crippen molar-refractivity contribution < 1.29 is 19.0 Å². The first-order chi connectivity index (χ1) is 10.1. The van der Waals surface area contributed by atoms with Gasteiger partial charge in [-0.05, 0) is 19.1 Å². The molecule has 1 heterocycles. The first kappa shape index (κ1) is 15.2. The summed E-state index contributed by atoms with van der Waals surface area (Å²) in [5.74, 6) is -1.08. The number of benzene rings is 1. The molecule has 21 heavy (non-hydrogen) atoms. The topological polar surface area (TPSA) is 71.5 Å². The molecule has 5 nitrogen and oxygen atoms in total. The van der Waals surface area contributed by atoms with Gasteiger partial charge in [0, 0.05) is 23.6 Å².